The second kappa shape index (κ2) is 9.03. The summed E-state index contributed by atoms with van der Waals surface area (Å²) in [6.45, 7) is 1.03. The molecule has 2 aliphatic rings. The molecule has 1 N–H and O–H groups in total. The van der Waals surface area contributed by atoms with Crippen LogP contribution in [0.25, 0.3) is 22.3 Å². The molecular weight excluding hydrogens is 434 g/mol. The van der Waals surface area contributed by atoms with E-state index in [0.29, 0.717) is 0 Å². The van der Waals surface area contributed by atoms with Crippen LogP contribution in [0.2, 0.25) is 0 Å². The monoisotopic (exact) mass is 463 g/mol. The predicted molar refractivity (Wildman–Crippen MR) is 141 cm³/mol. The summed E-state index contributed by atoms with van der Waals surface area (Å²) >= 11 is 0. The van der Waals surface area contributed by atoms with Crippen molar-refractivity contribution in [2.45, 2.75) is 18.9 Å². The zero-order chi connectivity index (χ0) is 23.8. The normalized spacial score (nSPS) is 16.0. The van der Waals surface area contributed by atoms with Crippen molar-refractivity contribution in [3.8, 4) is 39.5 Å². The summed E-state index contributed by atoms with van der Waals surface area (Å²) in [5, 5.41) is 3.68. The number of methoxy groups -OCH3 is 2. The molecule has 1 atom stereocenters. The SMILES string of the molecule is COc1cccc(C2Oc3cccc(OC)c3-c3ccc(-c4ccccc4NCC4CC4)cc32)c1. The van der Waals surface area contributed by atoms with Gasteiger partial charge in [0.05, 0.1) is 19.8 Å². The van der Waals surface area contributed by atoms with Crippen molar-refractivity contribution < 1.29 is 14.2 Å². The Morgan fingerprint density at radius 2 is 1.69 bits per heavy atom. The number of anilines is 1. The van der Waals surface area contributed by atoms with Crippen LogP contribution in [0.1, 0.15) is 30.1 Å². The summed E-state index contributed by atoms with van der Waals surface area (Å²) in [5.41, 5.74) is 7.83. The lowest BCUT2D eigenvalue weighted by molar-refractivity contribution is 0.241. The van der Waals surface area contributed by atoms with Crippen molar-refractivity contribution in [1.82, 2.24) is 0 Å². The molecule has 0 spiro atoms. The van der Waals surface area contributed by atoms with E-state index in [1.165, 1.54) is 24.1 Å². The molecule has 35 heavy (non-hydrogen) atoms. The number of para-hydroxylation sites is 1. The van der Waals surface area contributed by atoms with E-state index in [9.17, 15) is 0 Å². The standard InChI is InChI=1S/C31H29NO3/c1-33-23-8-5-7-22(17-23)31-26-18-21(24-9-3-4-10-27(24)32-19-20-13-14-20)15-16-25(26)30-28(34-2)11-6-12-29(30)35-31/h3-12,15-18,20,31-32H,13-14,19H2,1-2H3. The predicted octanol–water partition coefficient (Wildman–Crippen LogP) is 7.34. The van der Waals surface area contributed by atoms with E-state index in [-0.39, 0.29) is 6.10 Å². The Labute approximate surface area is 206 Å². The van der Waals surface area contributed by atoms with E-state index >= 15 is 0 Å². The average molecular weight is 464 g/mol. The van der Waals surface area contributed by atoms with Gasteiger partial charge in [0.15, 0.2) is 0 Å². The van der Waals surface area contributed by atoms with Crippen LogP contribution in [-0.4, -0.2) is 20.8 Å². The first-order valence-corrected chi connectivity index (χ1v) is 12.2. The molecule has 1 aliphatic carbocycles. The topological polar surface area (TPSA) is 39.7 Å². The lowest BCUT2D eigenvalue weighted by Crippen LogP contribution is -2.16. The van der Waals surface area contributed by atoms with Crippen molar-refractivity contribution in [2.75, 3.05) is 26.1 Å². The highest BCUT2D eigenvalue weighted by atomic mass is 16.5. The number of hydrogen-bond donors (Lipinski definition) is 1. The molecule has 4 aromatic carbocycles. The summed E-state index contributed by atoms with van der Waals surface area (Å²) in [7, 11) is 3.40. The van der Waals surface area contributed by atoms with Crippen LogP contribution in [0.5, 0.6) is 17.2 Å². The lowest BCUT2D eigenvalue weighted by atomic mass is 9.86. The van der Waals surface area contributed by atoms with Gasteiger partial charge in [-0.2, -0.15) is 0 Å². The summed E-state index contributed by atoms with van der Waals surface area (Å²) in [6, 6.07) is 29.3. The largest absolute Gasteiger partial charge is 0.497 e. The van der Waals surface area contributed by atoms with Crippen LogP contribution in [0, 0.1) is 5.92 Å². The first kappa shape index (κ1) is 21.6. The van der Waals surface area contributed by atoms with Gasteiger partial charge in [-0.15, -0.1) is 0 Å². The molecular formula is C31H29NO3. The number of fused-ring (bicyclic) bond motifs is 3. The maximum Gasteiger partial charge on any atom is 0.150 e. The Morgan fingerprint density at radius 1 is 0.829 bits per heavy atom. The maximum atomic E-state index is 6.64. The van der Waals surface area contributed by atoms with Crippen molar-refractivity contribution in [1.29, 1.82) is 0 Å². The van der Waals surface area contributed by atoms with Gasteiger partial charge < -0.3 is 19.5 Å². The first-order valence-electron chi connectivity index (χ1n) is 12.2. The fourth-order valence-corrected chi connectivity index (χ4v) is 4.93. The zero-order valence-electron chi connectivity index (χ0n) is 20.1. The molecule has 4 aromatic rings. The van der Waals surface area contributed by atoms with E-state index in [0.717, 1.165) is 57.5 Å². The quantitative estimate of drug-likeness (QED) is 0.311. The molecule has 0 radical (unpaired) electrons. The Balaban J connectivity index is 1.50. The Morgan fingerprint density at radius 3 is 2.51 bits per heavy atom. The number of hydrogen-bond acceptors (Lipinski definition) is 4. The van der Waals surface area contributed by atoms with Gasteiger partial charge in [0, 0.05) is 28.9 Å². The Kier molecular flexibility index (Phi) is 5.57. The molecule has 0 bridgehead atoms. The van der Waals surface area contributed by atoms with Gasteiger partial charge in [0.1, 0.15) is 23.4 Å². The highest BCUT2D eigenvalue weighted by molar-refractivity contribution is 5.86. The van der Waals surface area contributed by atoms with Crippen LogP contribution in [0.15, 0.2) is 84.9 Å². The van der Waals surface area contributed by atoms with Crippen molar-refractivity contribution in [3.05, 3.63) is 96.1 Å². The van der Waals surface area contributed by atoms with Gasteiger partial charge in [-0.1, -0.05) is 48.5 Å². The van der Waals surface area contributed by atoms with Gasteiger partial charge in [-0.3, -0.25) is 0 Å². The third-order valence-electron chi connectivity index (χ3n) is 6.97. The van der Waals surface area contributed by atoms with E-state index in [4.69, 9.17) is 14.2 Å². The molecule has 4 heteroatoms. The molecule has 0 aromatic heterocycles. The fourth-order valence-electron chi connectivity index (χ4n) is 4.93. The summed E-state index contributed by atoms with van der Waals surface area (Å²) in [5.74, 6) is 3.26. The van der Waals surface area contributed by atoms with Gasteiger partial charge in [-0.05, 0) is 66.3 Å². The maximum absolute atomic E-state index is 6.64. The first-order chi connectivity index (χ1) is 17.2. The van der Waals surface area contributed by atoms with Gasteiger partial charge in [-0.25, -0.2) is 0 Å². The molecule has 0 amide bonds. The molecule has 6 rings (SSSR count). The van der Waals surface area contributed by atoms with Crippen LogP contribution in [0.3, 0.4) is 0 Å². The van der Waals surface area contributed by atoms with Gasteiger partial charge >= 0.3 is 0 Å². The summed E-state index contributed by atoms with van der Waals surface area (Å²) in [6.07, 6.45) is 2.40. The van der Waals surface area contributed by atoms with E-state index < -0.39 is 0 Å². The second-order valence-electron chi connectivity index (χ2n) is 9.28. The van der Waals surface area contributed by atoms with Gasteiger partial charge in [0.2, 0.25) is 0 Å². The molecule has 1 fully saturated rings. The van der Waals surface area contributed by atoms with Crippen LogP contribution < -0.4 is 19.5 Å². The highest BCUT2D eigenvalue weighted by Gasteiger charge is 2.30. The van der Waals surface area contributed by atoms with Crippen LogP contribution >= 0.6 is 0 Å². The van der Waals surface area contributed by atoms with E-state index in [2.05, 4.69) is 59.9 Å². The molecule has 4 nitrogen and oxygen atoms in total. The van der Waals surface area contributed by atoms with Gasteiger partial charge in [0.25, 0.3) is 0 Å². The van der Waals surface area contributed by atoms with Crippen molar-refractivity contribution in [3.63, 3.8) is 0 Å². The van der Waals surface area contributed by atoms with Crippen molar-refractivity contribution in [2.24, 2.45) is 5.92 Å². The summed E-state index contributed by atoms with van der Waals surface area (Å²) in [4.78, 5) is 0. The van der Waals surface area contributed by atoms with Crippen LogP contribution in [-0.2, 0) is 0 Å². The van der Waals surface area contributed by atoms with Crippen LogP contribution in [0.4, 0.5) is 5.69 Å². The number of ether oxygens (including phenoxy) is 3. The Bertz CT molecular complexity index is 1380. The third kappa shape index (κ3) is 4.10. The molecule has 1 saturated carbocycles. The number of benzene rings is 4. The fraction of sp³-hybridized carbons (Fsp3) is 0.226. The Hall–Kier alpha value is -3.92. The summed E-state index contributed by atoms with van der Waals surface area (Å²) < 4.78 is 17.9. The smallest absolute Gasteiger partial charge is 0.150 e. The minimum Gasteiger partial charge on any atom is -0.497 e. The van der Waals surface area contributed by atoms with Crippen molar-refractivity contribution >= 4 is 5.69 Å². The third-order valence-corrected chi connectivity index (χ3v) is 6.97. The molecule has 0 saturated heterocycles. The van der Waals surface area contributed by atoms with E-state index in [1.807, 2.05) is 30.3 Å². The zero-order valence-corrected chi connectivity index (χ0v) is 20.1. The molecule has 1 aliphatic heterocycles. The lowest BCUT2D eigenvalue weighted by Gasteiger charge is -2.31. The highest BCUT2D eigenvalue weighted by Crippen LogP contribution is 2.50. The minimum atomic E-state index is -0.258. The van der Waals surface area contributed by atoms with E-state index in [1.54, 1.807) is 14.2 Å². The number of rotatable bonds is 7. The molecule has 176 valence electrons. The molecule has 1 unspecified atom stereocenters. The second-order valence-corrected chi connectivity index (χ2v) is 9.28. The number of nitrogens with one attached hydrogen (secondary N) is 1. The molecule has 1 heterocycles. The minimum absolute atomic E-state index is 0.258. The average Bonchev–Trinajstić information content (AvgIpc) is 3.75.